The van der Waals surface area contributed by atoms with Crippen LogP contribution in [0.25, 0.3) is 0 Å². The highest BCUT2D eigenvalue weighted by atomic mass is 14.2. The summed E-state index contributed by atoms with van der Waals surface area (Å²) in [6.07, 6.45) is 15.7. The first kappa shape index (κ1) is 12.8. The first-order chi connectivity index (χ1) is 7.34. The Morgan fingerprint density at radius 2 is 1.53 bits per heavy atom. The van der Waals surface area contributed by atoms with Crippen molar-refractivity contribution in [2.45, 2.75) is 84.5 Å². The van der Waals surface area contributed by atoms with Gasteiger partial charge in [0.2, 0.25) is 0 Å². The maximum atomic E-state index is 2.35. The van der Waals surface area contributed by atoms with Crippen LogP contribution in [-0.2, 0) is 0 Å². The Hall–Kier alpha value is -0.260. The van der Waals surface area contributed by atoms with E-state index in [4.69, 9.17) is 0 Å². The molecule has 0 amide bonds. The van der Waals surface area contributed by atoms with Crippen LogP contribution in [-0.4, -0.2) is 0 Å². The molecule has 88 valence electrons. The fourth-order valence-electron chi connectivity index (χ4n) is 2.30. The van der Waals surface area contributed by atoms with Crippen LogP contribution in [0.15, 0.2) is 11.1 Å². The van der Waals surface area contributed by atoms with Gasteiger partial charge in [-0.05, 0) is 39.0 Å². The highest BCUT2D eigenvalue weighted by molar-refractivity contribution is 5.17. The van der Waals surface area contributed by atoms with Crippen LogP contribution in [0.3, 0.4) is 0 Å². The van der Waals surface area contributed by atoms with E-state index in [1.165, 1.54) is 70.6 Å². The monoisotopic (exact) mass is 208 g/mol. The summed E-state index contributed by atoms with van der Waals surface area (Å²) in [5, 5.41) is 0. The number of rotatable bonds is 8. The quantitative estimate of drug-likeness (QED) is 0.358. The van der Waals surface area contributed by atoms with Gasteiger partial charge in [-0.25, -0.2) is 0 Å². The third-order valence-corrected chi connectivity index (χ3v) is 3.72. The van der Waals surface area contributed by atoms with Crippen molar-refractivity contribution in [3.63, 3.8) is 0 Å². The van der Waals surface area contributed by atoms with Gasteiger partial charge >= 0.3 is 0 Å². The lowest BCUT2D eigenvalue weighted by Crippen LogP contribution is -2.00. The maximum Gasteiger partial charge on any atom is -0.0315 e. The molecule has 0 radical (unpaired) electrons. The molecular weight excluding hydrogens is 180 g/mol. The van der Waals surface area contributed by atoms with Crippen LogP contribution in [0.1, 0.15) is 84.5 Å². The molecule has 15 heavy (non-hydrogen) atoms. The van der Waals surface area contributed by atoms with E-state index in [2.05, 4.69) is 13.8 Å². The summed E-state index contributed by atoms with van der Waals surface area (Å²) < 4.78 is 0. The second kappa shape index (κ2) is 7.96. The van der Waals surface area contributed by atoms with Crippen molar-refractivity contribution in [3.05, 3.63) is 11.1 Å². The number of hydrogen-bond acceptors (Lipinski definition) is 0. The summed E-state index contributed by atoms with van der Waals surface area (Å²) in [7, 11) is 0. The van der Waals surface area contributed by atoms with Crippen molar-refractivity contribution >= 4 is 0 Å². The minimum atomic E-state index is 1.37. The van der Waals surface area contributed by atoms with Crippen molar-refractivity contribution in [1.82, 2.24) is 0 Å². The minimum Gasteiger partial charge on any atom is -0.0741 e. The average molecular weight is 208 g/mol. The van der Waals surface area contributed by atoms with Crippen LogP contribution in [0.2, 0.25) is 0 Å². The molecule has 1 fully saturated rings. The molecule has 0 nitrogen and oxygen atoms in total. The zero-order valence-corrected chi connectivity index (χ0v) is 10.8. The van der Waals surface area contributed by atoms with E-state index in [0.29, 0.717) is 0 Å². The van der Waals surface area contributed by atoms with Crippen LogP contribution in [0, 0.1) is 0 Å². The van der Waals surface area contributed by atoms with E-state index >= 15 is 0 Å². The number of allylic oxidation sites excluding steroid dienone is 2. The lowest BCUT2D eigenvalue weighted by molar-refractivity contribution is 0.580. The average Bonchev–Trinajstić information content (AvgIpc) is 2.14. The smallest absolute Gasteiger partial charge is 0.0315 e. The Balaban J connectivity index is 1.88. The Morgan fingerprint density at radius 1 is 0.933 bits per heavy atom. The van der Waals surface area contributed by atoms with Gasteiger partial charge in [0.1, 0.15) is 0 Å². The van der Waals surface area contributed by atoms with Gasteiger partial charge in [0.15, 0.2) is 0 Å². The summed E-state index contributed by atoms with van der Waals surface area (Å²) in [5.74, 6) is 0. The number of unbranched alkanes of at least 4 members (excludes halogenated alkanes) is 6. The molecule has 0 heteroatoms. The second-order valence-corrected chi connectivity index (χ2v) is 5.11. The zero-order valence-electron chi connectivity index (χ0n) is 10.8. The molecule has 1 aliphatic carbocycles. The molecule has 0 aromatic heterocycles. The van der Waals surface area contributed by atoms with Crippen LogP contribution >= 0.6 is 0 Å². The van der Waals surface area contributed by atoms with Gasteiger partial charge in [0.05, 0.1) is 0 Å². The molecule has 0 atom stereocenters. The second-order valence-electron chi connectivity index (χ2n) is 5.11. The SMILES string of the molecule is CCCCCCCCCC(C)=C1CCC1. The largest absolute Gasteiger partial charge is 0.0741 e. The first-order valence-corrected chi connectivity index (χ1v) is 7.02. The topological polar surface area (TPSA) is 0 Å². The van der Waals surface area contributed by atoms with E-state index < -0.39 is 0 Å². The van der Waals surface area contributed by atoms with E-state index in [9.17, 15) is 0 Å². The summed E-state index contributed by atoms with van der Waals surface area (Å²) in [6.45, 7) is 4.64. The fourth-order valence-corrected chi connectivity index (χ4v) is 2.30. The van der Waals surface area contributed by atoms with Gasteiger partial charge < -0.3 is 0 Å². The van der Waals surface area contributed by atoms with Gasteiger partial charge in [-0.1, -0.05) is 56.6 Å². The molecule has 0 aromatic carbocycles. The molecule has 1 rings (SSSR count). The molecular formula is C15H28. The Morgan fingerprint density at radius 3 is 2.07 bits per heavy atom. The molecule has 0 aromatic rings. The van der Waals surface area contributed by atoms with Gasteiger partial charge in [-0.2, -0.15) is 0 Å². The van der Waals surface area contributed by atoms with Crippen molar-refractivity contribution in [2.75, 3.05) is 0 Å². The van der Waals surface area contributed by atoms with E-state index in [0.717, 1.165) is 0 Å². The van der Waals surface area contributed by atoms with Gasteiger partial charge in [0.25, 0.3) is 0 Å². The Kier molecular flexibility index (Phi) is 6.80. The van der Waals surface area contributed by atoms with Gasteiger partial charge in [0, 0.05) is 0 Å². The molecule has 0 bridgehead atoms. The first-order valence-electron chi connectivity index (χ1n) is 7.02. The highest BCUT2D eigenvalue weighted by Gasteiger charge is 2.10. The maximum absolute atomic E-state index is 2.35. The van der Waals surface area contributed by atoms with Crippen molar-refractivity contribution < 1.29 is 0 Å². The molecule has 0 aliphatic heterocycles. The van der Waals surface area contributed by atoms with Crippen LogP contribution in [0.5, 0.6) is 0 Å². The summed E-state index contributed by atoms with van der Waals surface area (Å²) in [5.41, 5.74) is 3.50. The standard InChI is InChI=1S/C15H28/c1-3-4-5-6-7-8-9-11-14(2)15-12-10-13-15/h3-13H2,1-2H3. The molecule has 0 N–H and O–H groups in total. The molecule has 1 aliphatic rings. The molecule has 0 spiro atoms. The van der Waals surface area contributed by atoms with Gasteiger partial charge in [-0.15, -0.1) is 0 Å². The van der Waals surface area contributed by atoms with Crippen molar-refractivity contribution in [1.29, 1.82) is 0 Å². The predicted molar refractivity (Wildman–Crippen MR) is 69.2 cm³/mol. The van der Waals surface area contributed by atoms with Gasteiger partial charge in [-0.3, -0.25) is 0 Å². The van der Waals surface area contributed by atoms with E-state index in [-0.39, 0.29) is 0 Å². The van der Waals surface area contributed by atoms with Crippen molar-refractivity contribution in [2.24, 2.45) is 0 Å². The third-order valence-electron chi connectivity index (χ3n) is 3.72. The number of hydrogen-bond donors (Lipinski definition) is 0. The predicted octanol–water partition coefficient (Wildman–Crippen LogP) is 5.63. The Labute approximate surface area is 96.2 Å². The summed E-state index contributed by atoms with van der Waals surface area (Å²) >= 11 is 0. The lowest BCUT2D eigenvalue weighted by Gasteiger charge is -2.20. The van der Waals surface area contributed by atoms with E-state index in [1.54, 1.807) is 11.1 Å². The third kappa shape index (κ3) is 5.39. The molecule has 0 heterocycles. The van der Waals surface area contributed by atoms with Crippen molar-refractivity contribution in [3.8, 4) is 0 Å². The lowest BCUT2D eigenvalue weighted by atomic mass is 9.87. The summed E-state index contributed by atoms with van der Waals surface area (Å²) in [6, 6.07) is 0. The zero-order chi connectivity index (χ0) is 10.9. The normalized spacial score (nSPS) is 15.2. The Bertz CT molecular complexity index is 182. The molecule has 0 unspecified atom stereocenters. The fraction of sp³-hybridized carbons (Fsp3) is 0.867. The molecule has 0 saturated heterocycles. The minimum absolute atomic E-state index is 1.37. The molecule has 1 saturated carbocycles. The van der Waals surface area contributed by atoms with Crippen LogP contribution in [0.4, 0.5) is 0 Å². The highest BCUT2D eigenvalue weighted by Crippen LogP contribution is 2.30. The summed E-state index contributed by atoms with van der Waals surface area (Å²) in [4.78, 5) is 0. The van der Waals surface area contributed by atoms with E-state index in [1.807, 2.05) is 0 Å². The van der Waals surface area contributed by atoms with Crippen LogP contribution < -0.4 is 0 Å².